The van der Waals surface area contributed by atoms with Gasteiger partial charge in [0.2, 0.25) is 0 Å². The molecule has 0 atom stereocenters. The fourth-order valence-corrected chi connectivity index (χ4v) is 3.80. The molecular formula is C21H31NO3. The predicted octanol–water partition coefficient (Wildman–Crippen LogP) is 4.63. The van der Waals surface area contributed by atoms with E-state index in [2.05, 4.69) is 24.3 Å². The van der Waals surface area contributed by atoms with Crippen LogP contribution in [0.2, 0.25) is 0 Å². The number of ether oxygens (including phenoxy) is 2. The van der Waals surface area contributed by atoms with Crippen LogP contribution in [-0.4, -0.2) is 35.8 Å². The average Bonchev–Trinajstić information content (AvgIpc) is 2.53. The molecule has 1 amide bonds. The molecule has 3 rings (SSSR count). The summed E-state index contributed by atoms with van der Waals surface area (Å²) in [5, 5.41) is 0. The van der Waals surface area contributed by atoms with E-state index in [0.29, 0.717) is 6.10 Å². The number of hydrogen-bond acceptors (Lipinski definition) is 3. The second kappa shape index (κ2) is 7.77. The largest absolute Gasteiger partial charge is 0.444 e. The minimum atomic E-state index is -0.411. The summed E-state index contributed by atoms with van der Waals surface area (Å²) in [6, 6.07) is 10.4. The molecule has 0 N–H and O–H groups in total. The number of rotatable bonds is 4. The molecule has 0 aromatic heterocycles. The van der Waals surface area contributed by atoms with Crippen molar-refractivity contribution in [2.75, 3.05) is 13.1 Å². The second-order valence-electron chi connectivity index (χ2n) is 8.45. The highest BCUT2D eigenvalue weighted by Gasteiger charge is 2.38. The zero-order chi connectivity index (χ0) is 17.9. The van der Waals surface area contributed by atoms with E-state index in [1.807, 2.05) is 31.7 Å². The quantitative estimate of drug-likeness (QED) is 0.799. The number of nitrogens with zero attached hydrogens (tertiary/aromatic N) is 1. The van der Waals surface area contributed by atoms with Gasteiger partial charge in [0, 0.05) is 13.1 Å². The predicted molar refractivity (Wildman–Crippen MR) is 98.3 cm³/mol. The molecule has 25 heavy (non-hydrogen) atoms. The second-order valence-corrected chi connectivity index (χ2v) is 8.45. The molecule has 1 aliphatic carbocycles. The number of benzene rings is 1. The first kappa shape index (κ1) is 18.2. The minimum Gasteiger partial charge on any atom is -0.444 e. The van der Waals surface area contributed by atoms with Crippen LogP contribution < -0.4 is 0 Å². The minimum absolute atomic E-state index is 0.163. The van der Waals surface area contributed by atoms with Gasteiger partial charge in [-0.3, -0.25) is 0 Å². The third kappa shape index (κ3) is 5.21. The molecule has 1 heterocycles. The Labute approximate surface area is 151 Å². The maximum Gasteiger partial charge on any atom is 0.410 e. The molecule has 1 aromatic rings. The van der Waals surface area contributed by atoms with E-state index in [9.17, 15) is 4.79 Å². The van der Waals surface area contributed by atoms with Gasteiger partial charge in [0.15, 0.2) is 0 Å². The highest BCUT2D eigenvalue weighted by molar-refractivity contribution is 5.68. The normalized spacial score (nSPS) is 24.7. The van der Waals surface area contributed by atoms with Crippen molar-refractivity contribution in [1.29, 1.82) is 0 Å². The van der Waals surface area contributed by atoms with Gasteiger partial charge in [0.25, 0.3) is 0 Å². The zero-order valence-corrected chi connectivity index (χ0v) is 15.7. The lowest BCUT2D eigenvalue weighted by atomic mass is 9.70. The Morgan fingerprint density at radius 1 is 1.08 bits per heavy atom. The molecule has 1 aliphatic heterocycles. The first-order chi connectivity index (χ1) is 11.9. The molecule has 1 saturated carbocycles. The van der Waals surface area contributed by atoms with Crippen LogP contribution in [0, 0.1) is 11.8 Å². The van der Waals surface area contributed by atoms with E-state index in [0.717, 1.165) is 44.4 Å². The van der Waals surface area contributed by atoms with Crippen molar-refractivity contribution in [3.8, 4) is 0 Å². The molecule has 1 aromatic carbocycles. The summed E-state index contributed by atoms with van der Waals surface area (Å²) in [7, 11) is 0. The number of carbonyl (C=O) groups is 1. The zero-order valence-electron chi connectivity index (χ0n) is 15.7. The monoisotopic (exact) mass is 345 g/mol. The van der Waals surface area contributed by atoms with Crippen molar-refractivity contribution in [3.63, 3.8) is 0 Å². The summed E-state index contributed by atoms with van der Waals surface area (Å²) in [6.45, 7) is 8.12. The topological polar surface area (TPSA) is 38.8 Å². The summed E-state index contributed by atoms with van der Waals surface area (Å²) in [5.41, 5.74) is 0.835. The van der Waals surface area contributed by atoms with Crippen molar-refractivity contribution in [2.24, 2.45) is 11.8 Å². The highest BCUT2D eigenvalue weighted by Crippen LogP contribution is 2.40. The lowest BCUT2D eigenvalue weighted by Crippen LogP contribution is -2.45. The van der Waals surface area contributed by atoms with Crippen LogP contribution >= 0.6 is 0 Å². The van der Waals surface area contributed by atoms with Crippen LogP contribution in [-0.2, 0) is 16.1 Å². The van der Waals surface area contributed by atoms with E-state index in [4.69, 9.17) is 9.47 Å². The van der Waals surface area contributed by atoms with Gasteiger partial charge < -0.3 is 14.4 Å². The Hall–Kier alpha value is -1.55. The fraction of sp³-hybridized carbons (Fsp3) is 0.667. The Morgan fingerprint density at radius 2 is 1.72 bits per heavy atom. The average molecular weight is 345 g/mol. The lowest BCUT2D eigenvalue weighted by Gasteiger charge is -2.43. The van der Waals surface area contributed by atoms with Crippen molar-refractivity contribution in [1.82, 2.24) is 4.90 Å². The van der Waals surface area contributed by atoms with Gasteiger partial charge in [0.1, 0.15) is 5.60 Å². The molecule has 4 heteroatoms. The van der Waals surface area contributed by atoms with E-state index in [1.165, 1.54) is 18.4 Å². The third-order valence-electron chi connectivity index (χ3n) is 5.32. The summed E-state index contributed by atoms with van der Waals surface area (Å²) in [4.78, 5) is 14.0. The van der Waals surface area contributed by atoms with Gasteiger partial charge in [-0.05, 0) is 63.9 Å². The van der Waals surface area contributed by atoms with Gasteiger partial charge in [-0.1, -0.05) is 30.3 Å². The van der Waals surface area contributed by atoms with Gasteiger partial charge >= 0.3 is 6.09 Å². The molecule has 0 spiro atoms. The Bertz CT molecular complexity index is 552. The first-order valence-electron chi connectivity index (χ1n) is 9.54. The molecule has 138 valence electrons. The summed E-state index contributed by atoms with van der Waals surface area (Å²) in [6.07, 6.45) is 4.77. The van der Waals surface area contributed by atoms with Crippen molar-refractivity contribution < 1.29 is 14.3 Å². The third-order valence-corrected chi connectivity index (χ3v) is 5.32. The van der Waals surface area contributed by atoms with Crippen LogP contribution in [0.1, 0.15) is 52.0 Å². The van der Waals surface area contributed by atoms with E-state index >= 15 is 0 Å². The Morgan fingerprint density at radius 3 is 2.32 bits per heavy atom. The highest BCUT2D eigenvalue weighted by atomic mass is 16.6. The van der Waals surface area contributed by atoms with E-state index < -0.39 is 5.60 Å². The van der Waals surface area contributed by atoms with Crippen LogP contribution in [0.15, 0.2) is 30.3 Å². The smallest absolute Gasteiger partial charge is 0.410 e. The molecule has 2 aliphatic rings. The molecule has 0 bridgehead atoms. The van der Waals surface area contributed by atoms with Crippen LogP contribution in [0.3, 0.4) is 0 Å². The molecule has 0 unspecified atom stereocenters. The number of hydrogen-bond donors (Lipinski definition) is 0. The maximum absolute atomic E-state index is 12.1. The summed E-state index contributed by atoms with van der Waals surface area (Å²) in [5.74, 6) is 1.50. The van der Waals surface area contributed by atoms with Crippen LogP contribution in [0.5, 0.6) is 0 Å². The van der Waals surface area contributed by atoms with Gasteiger partial charge in [-0.2, -0.15) is 0 Å². The molecule has 4 nitrogen and oxygen atoms in total. The van der Waals surface area contributed by atoms with Crippen molar-refractivity contribution in [2.45, 2.75) is 64.8 Å². The Balaban J connectivity index is 1.34. The van der Waals surface area contributed by atoms with Gasteiger partial charge in [-0.15, -0.1) is 0 Å². The maximum atomic E-state index is 12.1. The van der Waals surface area contributed by atoms with Gasteiger partial charge in [0.05, 0.1) is 12.7 Å². The van der Waals surface area contributed by atoms with E-state index in [-0.39, 0.29) is 6.09 Å². The summed E-state index contributed by atoms with van der Waals surface area (Å²) >= 11 is 0. The lowest BCUT2D eigenvalue weighted by molar-refractivity contribution is -0.0643. The van der Waals surface area contributed by atoms with Crippen molar-refractivity contribution >= 4 is 6.09 Å². The molecule has 1 saturated heterocycles. The van der Waals surface area contributed by atoms with Gasteiger partial charge in [-0.25, -0.2) is 4.79 Å². The first-order valence-corrected chi connectivity index (χ1v) is 9.54. The molecule has 2 fully saturated rings. The standard InChI is InChI=1S/C21H31NO3/c1-21(2,3)25-20(23)22-11-9-17(10-12-22)18-13-19(14-18)24-15-16-7-5-4-6-8-16/h4-8,17-19H,9-15H2,1-3H3. The van der Waals surface area contributed by atoms with Crippen LogP contribution in [0.25, 0.3) is 0 Å². The van der Waals surface area contributed by atoms with Crippen molar-refractivity contribution in [3.05, 3.63) is 35.9 Å². The number of piperidine rings is 1. The SMILES string of the molecule is CC(C)(C)OC(=O)N1CCC(C2CC(OCc3ccccc3)C2)CC1. The summed E-state index contributed by atoms with van der Waals surface area (Å²) < 4.78 is 11.5. The van der Waals surface area contributed by atoms with Crippen LogP contribution in [0.4, 0.5) is 4.79 Å². The molecular weight excluding hydrogens is 314 g/mol. The van der Waals surface area contributed by atoms with E-state index in [1.54, 1.807) is 0 Å². The fourth-order valence-electron chi connectivity index (χ4n) is 3.80. The number of likely N-dealkylation sites (tertiary alicyclic amines) is 1. The molecule has 0 radical (unpaired) electrons. The number of carbonyl (C=O) groups excluding carboxylic acids is 1. The Kier molecular flexibility index (Phi) is 5.67. The number of amides is 1.